The fraction of sp³-hybridized carbons (Fsp3) is 0.533. The average molecular weight is 303 g/mol. The highest BCUT2D eigenvalue weighted by molar-refractivity contribution is 5.78. The van der Waals surface area contributed by atoms with Crippen LogP contribution in [0.1, 0.15) is 50.8 Å². The molecule has 21 heavy (non-hydrogen) atoms. The molecule has 0 amide bonds. The van der Waals surface area contributed by atoms with E-state index in [1.807, 2.05) is 6.92 Å². The van der Waals surface area contributed by atoms with E-state index in [-0.39, 0.29) is 6.04 Å². The highest BCUT2D eigenvalue weighted by Crippen LogP contribution is 2.30. The molecule has 1 aromatic carbocycles. The van der Waals surface area contributed by atoms with Gasteiger partial charge in [-0.1, -0.05) is 25.5 Å². The maximum absolute atomic E-state index is 12.5. The van der Waals surface area contributed by atoms with Gasteiger partial charge in [0.05, 0.1) is 5.56 Å². The van der Waals surface area contributed by atoms with Crippen molar-refractivity contribution in [2.24, 2.45) is 0 Å². The molecule has 6 heteroatoms. The molecule has 1 aromatic rings. The minimum atomic E-state index is -4.37. The van der Waals surface area contributed by atoms with E-state index >= 15 is 0 Å². The summed E-state index contributed by atoms with van der Waals surface area (Å²) in [5.74, 6) is -0.969. The van der Waals surface area contributed by atoms with Crippen LogP contribution in [0.15, 0.2) is 24.3 Å². The van der Waals surface area contributed by atoms with E-state index in [2.05, 4.69) is 5.32 Å². The van der Waals surface area contributed by atoms with Crippen LogP contribution in [0.4, 0.5) is 13.2 Å². The molecule has 0 radical (unpaired) electrons. The van der Waals surface area contributed by atoms with Crippen LogP contribution in [0.25, 0.3) is 0 Å². The first-order valence-corrected chi connectivity index (χ1v) is 6.78. The molecule has 2 atom stereocenters. The van der Waals surface area contributed by atoms with E-state index < -0.39 is 23.2 Å². The van der Waals surface area contributed by atoms with E-state index in [9.17, 15) is 23.1 Å². The minimum absolute atomic E-state index is 0.361. The molecule has 0 saturated carbocycles. The van der Waals surface area contributed by atoms with Crippen molar-refractivity contribution in [1.82, 2.24) is 5.32 Å². The molecule has 0 aliphatic carbocycles. The Bertz CT molecular complexity index is 485. The standard InChI is InChI=1S/C15H20F3NO2/c1-4-9-14(3,13(20)21)19-10(2)11-5-7-12(8-6-11)15(16,17)18/h5-8,10,19H,4,9H2,1-3H3,(H,20,21). The molecule has 3 nitrogen and oxygen atoms in total. The Labute approximate surface area is 122 Å². The van der Waals surface area contributed by atoms with Gasteiger partial charge in [0.1, 0.15) is 5.54 Å². The van der Waals surface area contributed by atoms with Gasteiger partial charge < -0.3 is 5.11 Å². The number of hydrogen-bond acceptors (Lipinski definition) is 2. The predicted molar refractivity (Wildman–Crippen MR) is 73.9 cm³/mol. The van der Waals surface area contributed by atoms with Gasteiger partial charge in [-0.2, -0.15) is 13.2 Å². The molecule has 2 N–H and O–H groups in total. The van der Waals surface area contributed by atoms with Gasteiger partial charge in [-0.3, -0.25) is 10.1 Å². The van der Waals surface area contributed by atoms with Gasteiger partial charge in [0.15, 0.2) is 0 Å². The van der Waals surface area contributed by atoms with Crippen molar-refractivity contribution in [3.05, 3.63) is 35.4 Å². The topological polar surface area (TPSA) is 49.3 Å². The van der Waals surface area contributed by atoms with Crippen LogP contribution in [0.2, 0.25) is 0 Å². The van der Waals surface area contributed by atoms with Crippen LogP contribution in [0.3, 0.4) is 0 Å². The summed E-state index contributed by atoms with van der Waals surface area (Å²) >= 11 is 0. The highest BCUT2D eigenvalue weighted by Gasteiger charge is 2.34. The second kappa shape index (κ2) is 6.47. The van der Waals surface area contributed by atoms with E-state index in [0.717, 1.165) is 12.1 Å². The average Bonchev–Trinajstić information content (AvgIpc) is 2.37. The summed E-state index contributed by atoms with van der Waals surface area (Å²) in [5.41, 5.74) is -1.20. The van der Waals surface area contributed by atoms with Crippen LogP contribution in [0.5, 0.6) is 0 Å². The number of aliphatic carboxylic acids is 1. The Morgan fingerprint density at radius 1 is 1.29 bits per heavy atom. The minimum Gasteiger partial charge on any atom is -0.480 e. The Morgan fingerprint density at radius 3 is 2.19 bits per heavy atom. The lowest BCUT2D eigenvalue weighted by molar-refractivity contribution is -0.144. The SMILES string of the molecule is CCCC(C)(NC(C)c1ccc(C(F)(F)F)cc1)C(=O)O. The molecule has 118 valence electrons. The zero-order valence-corrected chi connectivity index (χ0v) is 12.3. The van der Waals surface area contributed by atoms with Crippen LogP contribution in [-0.4, -0.2) is 16.6 Å². The second-order valence-corrected chi connectivity index (χ2v) is 5.37. The number of benzene rings is 1. The summed E-state index contributed by atoms with van der Waals surface area (Å²) in [6.45, 7) is 5.20. The number of nitrogens with one attached hydrogen (secondary N) is 1. The molecular weight excluding hydrogens is 283 g/mol. The smallest absolute Gasteiger partial charge is 0.416 e. The number of carbonyl (C=O) groups is 1. The molecule has 0 bridgehead atoms. The quantitative estimate of drug-likeness (QED) is 0.835. The molecule has 0 heterocycles. The van der Waals surface area contributed by atoms with Crippen molar-refractivity contribution in [3.63, 3.8) is 0 Å². The van der Waals surface area contributed by atoms with Crippen molar-refractivity contribution in [3.8, 4) is 0 Å². The summed E-state index contributed by atoms with van der Waals surface area (Å²) in [6.07, 6.45) is -3.24. The summed E-state index contributed by atoms with van der Waals surface area (Å²) in [6, 6.07) is 4.39. The number of halogens is 3. The van der Waals surface area contributed by atoms with Gasteiger partial charge in [0.2, 0.25) is 0 Å². The fourth-order valence-corrected chi connectivity index (χ4v) is 2.26. The molecular formula is C15H20F3NO2. The third-order valence-electron chi connectivity index (χ3n) is 3.50. The first-order chi connectivity index (χ1) is 9.60. The van der Waals surface area contributed by atoms with E-state index in [0.29, 0.717) is 18.4 Å². The van der Waals surface area contributed by atoms with Gasteiger partial charge in [0, 0.05) is 6.04 Å². The van der Waals surface area contributed by atoms with E-state index in [1.54, 1.807) is 13.8 Å². The maximum Gasteiger partial charge on any atom is 0.416 e. The van der Waals surface area contributed by atoms with Gasteiger partial charge >= 0.3 is 12.1 Å². The summed E-state index contributed by atoms with van der Waals surface area (Å²) in [5, 5.41) is 12.3. The normalized spacial score (nSPS) is 16.3. The first kappa shape index (κ1) is 17.5. The van der Waals surface area contributed by atoms with E-state index in [1.165, 1.54) is 12.1 Å². The van der Waals surface area contributed by atoms with Crippen molar-refractivity contribution >= 4 is 5.97 Å². The van der Waals surface area contributed by atoms with Gasteiger partial charge in [-0.15, -0.1) is 0 Å². The van der Waals surface area contributed by atoms with Crippen molar-refractivity contribution in [2.45, 2.75) is 51.4 Å². The number of carboxylic acid groups (broad SMARTS) is 1. The number of carboxylic acids is 1. The molecule has 0 aliphatic heterocycles. The Kier molecular flexibility index (Phi) is 5.39. The molecule has 2 unspecified atom stereocenters. The van der Waals surface area contributed by atoms with Crippen LogP contribution >= 0.6 is 0 Å². The fourth-order valence-electron chi connectivity index (χ4n) is 2.26. The predicted octanol–water partition coefficient (Wildman–Crippen LogP) is 4.00. The third kappa shape index (κ3) is 4.46. The lowest BCUT2D eigenvalue weighted by Gasteiger charge is -2.30. The molecule has 0 aromatic heterocycles. The molecule has 0 fully saturated rings. The highest BCUT2D eigenvalue weighted by atomic mass is 19.4. The van der Waals surface area contributed by atoms with Crippen LogP contribution < -0.4 is 5.32 Å². The Hall–Kier alpha value is -1.56. The second-order valence-electron chi connectivity index (χ2n) is 5.37. The monoisotopic (exact) mass is 303 g/mol. The number of rotatable bonds is 6. The van der Waals surface area contributed by atoms with Gasteiger partial charge in [-0.25, -0.2) is 0 Å². The van der Waals surface area contributed by atoms with E-state index in [4.69, 9.17) is 0 Å². The number of alkyl halides is 3. The third-order valence-corrected chi connectivity index (χ3v) is 3.50. The summed E-state index contributed by atoms with van der Waals surface area (Å²) < 4.78 is 37.5. The maximum atomic E-state index is 12.5. The van der Waals surface area contributed by atoms with Crippen LogP contribution in [-0.2, 0) is 11.0 Å². The first-order valence-electron chi connectivity index (χ1n) is 6.78. The van der Waals surface area contributed by atoms with Gasteiger partial charge in [0.25, 0.3) is 0 Å². The molecule has 0 aliphatic rings. The Morgan fingerprint density at radius 2 is 1.81 bits per heavy atom. The summed E-state index contributed by atoms with van der Waals surface area (Å²) in [7, 11) is 0. The summed E-state index contributed by atoms with van der Waals surface area (Å²) in [4.78, 5) is 11.4. The lowest BCUT2D eigenvalue weighted by atomic mass is 9.93. The molecule has 0 spiro atoms. The molecule has 1 rings (SSSR count). The lowest BCUT2D eigenvalue weighted by Crippen LogP contribution is -2.50. The zero-order chi connectivity index (χ0) is 16.3. The number of hydrogen-bond donors (Lipinski definition) is 2. The van der Waals surface area contributed by atoms with Crippen molar-refractivity contribution < 1.29 is 23.1 Å². The van der Waals surface area contributed by atoms with Gasteiger partial charge in [-0.05, 0) is 38.0 Å². The van der Waals surface area contributed by atoms with Crippen LogP contribution in [0, 0.1) is 0 Å². The Balaban J connectivity index is 2.88. The molecule has 0 saturated heterocycles. The zero-order valence-electron chi connectivity index (χ0n) is 12.3. The largest absolute Gasteiger partial charge is 0.480 e. The van der Waals surface area contributed by atoms with Crippen molar-refractivity contribution in [2.75, 3.05) is 0 Å². The van der Waals surface area contributed by atoms with Crippen molar-refractivity contribution in [1.29, 1.82) is 0 Å².